The molecule has 1 rings (SSSR count). The molecule has 0 radical (unpaired) electrons. The molecule has 19 heavy (non-hydrogen) atoms. The van der Waals surface area contributed by atoms with Gasteiger partial charge in [0, 0.05) is 0 Å². The SMILES string of the molecule is O=P(O)(O)Oc1cc(C(Br)(Br)Br)cc(C(Br)(Br)Br)c1. The van der Waals surface area contributed by atoms with Crippen molar-refractivity contribution in [1.82, 2.24) is 0 Å². The largest absolute Gasteiger partial charge is 0.524 e. The van der Waals surface area contributed by atoms with E-state index < -0.39 is 12.1 Å². The number of phosphoric acid groups is 1. The van der Waals surface area contributed by atoms with Crippen molar-refractivity contribution in [2.75, 3.05) is 0 Å². The van der Waals surface area contributed by atoms with Crippen molar-refractivity contribution in [1.29, 1.82) is 0 Å². The van der Waals surface area contributed by atoms with E-state index in [0.29, 0.717) is 11.1 Å². The summed E-state index contributed by atoms with van der Waals surface area (Å²) in [4.78, 5) is 17.8. The summed E-state index contributed by atoms with van der Waals surface area (Å²) in [5, 5.41) is 0. The molecule has 0 amide bonds. The Hall–Kier alpha value is 2.05. The number of phosphoric ester groups is 1. The smallest absolute Gasteiger partial charge is 0.404 e. The lowest BCUT2D eigenvalue weighted by atomic mass is 10.1. The zero-order chi connectivity index (χ0) is 15.1. The molecule has 0 atom stereocenters. The number of hydrogen-bond donors (Lipinski definition) is 2. The standard InChI is InChI=1S/C8H5Br6O4P/c9-7(10,11)4-1-5(8(12,13)14)3-6(2-4)18-19(15,16)17/h1-3H,(H2,15,16,17). The molecule has 0 spiro atoms. The van der Waals surface area contributed by atoms with Crippen LogP contribution in [0.15, 0.2) is 18.2 Å². The third kappa shape index (κ3) is 6.78. The van der Waals surface area contributed by atoms with Crippen LogP contribution >= 0.6 is 103 Å². The molecule has 11 heteroatoms. The predicted octanol–water partition coefficient (Wildman–Crippen LogP) is 5.75. The average Bonchev–Trinajstić information content (AvgIpc) is 2.11. The molecule has 0 unspecified atom stereocenters. The Bertz CT molecular complexity index is 485. The van der Waals surface area contributed by atoms with Crippen molar-refractivity contribution in [3.63, 3.8) is 0 Å². The Morgan fingerprint density at radius 3 is 1.53 bits per heavy atom. The minimum Gasteiger partial charge on any atom is -0.404 e. The molecule has 0 aliphatic rings. The molecule has 0 saturated heterocycles. The van der Waals surface area contributed by atoms with E-state index in [1.165, 1.54) is 12.1 Å². The van der Waals surface area contributed by atoms with Gasteiger partial charge >= 0.3 is 7.82 Å². The lowest BCUT2D eigenvalue weighted by Gasteiger charge is -2.20. The van der Waals surface area contributed by atoms with Crippen LogP contribution in [-0.2, 0) is 8.85 Å². The van der Waals surface area contributed by atoms with E-state index in [-0.39, 0.29) is 5.75 Å². The molecule has 0 aliphatic carbocycles. The predicted molar refractivity (Wildman–Crippen MR) is 96.0 cm³/mol. The molecule has 4 nitrogen and oxygen atoms in total. The van der Waals surface area contributed by atoms with E-state index in [4.69, 9.17) is 9.79 Å². The second kappa shape index (κ2) is 6.66. The minimum absolute atomic E-state index is 0.0336. The van der Waals surface area contributed by atoms with Crippen LogP contribution in [0.4, 0.5) is 0 Å². The second-order valence-corrected chi connectivity index (χ2v) is 18.0. The van der Waals surface area contributed by atoms with E-state index in [1.54, 1.807) is 6.07 Å². The van der Waals surface area contributed by atoms with E-state index in [1.807, 2.05) is 0 Å². The van der Waals surface area contributed by atoms with Crippen LogP contribution in [-0.4, -0.2) is 9.79 Å². The molecule has 0 saturated carbocycles. The van der Waals surface area contributed by atoms with Crippen molar-refractivity contribution in [2.45, 2.75) is 4.29 Å². The van der Waals surface area contributed by atoms with Gasteiger partial charge in [0.1, 0.15) is 5.75 Å². The lowest BCUT2D eigenvalue weighted by molar-refractivity contribution is 0.283. The summed E-state index contributed by atoms with van der Waals surface area (Å²) in [5.41, 5.74) is 1.30. The highest BCUT2D eigenvalue weighted by Crippen LogP contribution is 2.51. The summed E-state index contributed by atoms with van der Waals surface area (Å²) in [6.45, 7) is 0. The second-order valence-electron chi connectivity index (χ2n) is 3.32. The van der Waals surface area contributed by atoms with Crippen LogP contribution in [0.1, 0.15) is 11.1 Å². The summed E-state index contributed by atoms with van der Waals surface area (Å²) in [7, 11) is -4.62. The molecular weight excluding hydrogens is 670 g/mol. The summed E-state index contributed by atoms with van der Waals surface area (Å²) in [6, 6.07) is 4.75. The Morgan fingerprint density at radius 1 is 0.895 bits per heavy atom. The first-order valence-corrected chi connectivity index (χ1v) is 10.6. The Kier molecular flexibility index (Phi) is 6.70. The maximum absolute atomic E-state index is 10.9. The first-order chi connectivity index (χ1) is 8.29. The maximum atomic E-state index is 10.9. The lowest BCUT2D eigenvalue weighted by Crippen LogP contribution is -2.05. The molecule has 0 fully saturated rings. The van der Waals surface area contributed by atoms with Gasteiger partial charge in [-0.25, -0.2) is 4.57 Å². The molecule has 108 valence electrons. The number of halogens is 6. The van der Waals surface area contributed by atoms with Gasteiger partial charge < -0.3 is 4.52 Å². The quantitative estimate of drug-likeness (QED) is 0.310. The van der Waals surface area contributed by atoms with Gasteiger partial charge in [-0.05, 0) is 29.3 Å². The molecule has 0 aromatic heterocycles. The fourth-order valence-electron chi connectivity index (χ4n) is 1.12. The summed E-state index contributed by atoms with van der Waals surface area (Å²) in [6.07, 6.45) is 0. The minimum atomic E-state index is -4.62. The molecule has 2 N–H and O–H groups in total. The average molecular weight is 676 g/mol. The number of benzene rings is 1. The third-order valence-corrected chi connectivity index (χ3v) is 4.98. The van der Waals surface area contributed by atoms with Gasteiger partial charge in [0.25, 0.3) is 0 Å². The molecule has 0 heterocycles. The summed E-state index contributed by atoms with van der Waals surface area (Å²) < 4.78 is 14.1. The van der Waals surface area contributed by atoms with Gasteiger partial charge in [0.15, 0.2) is 4.29 Å². The van der Waals surface area contributed by atoms with Crippen LogP contribution in [0.5, 0.6) is 5.75 Å². The molecular formula is C8H5Br6O4P. The zero-order valence-corrected chi connectivity index (χ0v) is 19.1. The molecule has 0 bridgehead atoms. The van der Waals surface area contributed by atoms with Gasteiger partial charge in [-0.15, -0.1) is 0 Å². The van der Waals surface area contributed by atoms with Gasteiger partial charge in [0.2, 0.25) is 0 Å². The van der Waals surface area contributed by atoms with E-state index >= 15 is 0 Å². The van der Waals surface area contributed by atoms with Crippen molar-refractivity contribution in [2.24, 2.45) is 0 Å². The third-order valence-electron chi connectivity index (χ3n) is 1.79. The molecule has 0 aliphatic heterocycles. The molecule has 1 aromatic carbocycles. The fourth-order valence-corrected chi connectivity index (χ4v) is 2.87. The zero-order valence-electron chi connectivity index (χ0n) is 8.66. The van der Waals surface area contributed by atoms with Gasteiger partial charge in [-0.2, -0.15) is 0 Å². The van der Waals surface area contributed by atoms with Crippen molar-refractivity contribution >= 4 is 103 Å². The first kappa shape index (κ1) is 19.1. The maximum Gasteiger partial charge on any atom is 0.524 e. The van der Waals surface area contributed by atoms with Crippen molar-refractivity contribution in [3.8, 4) is 5.75 Å². The Labute approximate surface area is 160 Å². The van der Waals surface area contributed by atoms with Gasteiger partial charge in [-0.3, -0.25) is 9.79 Å². The van der Waals surface area contributed by atoms with Gasteiger partial charge in [-0.1, -0.05) is 95.6 Å². The Morgan fingerprint density at radius 2 is 1.26 bits per heavy atom. The van der Waals surface area contributed by atoms with E-state index in [9.17, 15) is 4.57 Å². The molecule has 1 aromatic rings. The topological polar surface area (TPSA) is 66.8 Å². The van der Waals surface area contributed by atoms with E-state index in [2.05, 4.69) is 100 Å². The van der Waals surface area contributed by atoms with Crippen LogP contribution in [0.3, 0.4) is 0 Å². The van der Waals surface area contributed by atoms with Gasteiger partial charge in [0.05, 0.1) is 0 Å². The van der Waals surface area contributed by atoms with Crippen LogP contribution in [0.2, 0.25) is 0 Å². The monoisotopic (exact) mass is 670 g/mol. The van der Waals surface area contributed by atoms with Crippen LogP contribution in [0, 0.1) is 0 Å². The van der Waals surface area contributed by atoms with Crippen molar-refractivity contribution < 1.29 is 18.9 Å². The first-order valence-electron chi connectivity index (χ1n) is 4.34. The van der Waals surface area contributed by atoms with Crippen LogP contribution in [0.25, 0.3) is 0 Å². The van der Waals surface area contributed by atoms with E-state index in [0.717, 1.165) is 0 Å². The van der Waals surface area contributed by atoms with Crippen LogP contribution < -0.4 is 4.52 Å². The number of hydrogen-bond acceptors (Lipinski definition) is 2. The number of alkyl halides is 6. The summed E-state index contributed by atoms with van der Waals surface area (Å²) >= 11 is 20.0. The highest BCUT2D eigenvalue weighted by Gasteiger charge is 2.29. The highest BCUT2D eigenvalue weighted by molar-refractivity contribution is 9.39. The normalized spacial score (nSPS) is 13.5. The van der Waals surface area contributed by atoms with Crippen molar-refractivity contribution in [3.05, 3.63) is 29.3 Å². The Balaban J connectivity index is 3.37. The summed E-state index contributed by atoms with van der Waals surface area (Å²) in [5.74, 6) is 0.0336. The fraction of sp³-hybridized carbons (Fsp3) is 0.250. The number of rotatable bonds is 2. The highest BCUT2D eigenvalue weighted by atomic mass is 80.0.